The molecule has 0 aliphatic rings. The molecule has 0 spiro atoms. The number of carbonyl (C=O) groups excluding carboxylic acids is 1. The third-order valence-corrected chi connectivity index (χ3v) is 5.13. The van der Waals surface area contributed by atoms with Crippen molar-refractivity contribution in [3.63, 3.8) is 0 Å². The normalized spacial score (nSPS) is 10.9. The van der Waals surface area contributed by atoms with Crippen molar-refractivity contribution in [1.82, 2.24) is 4.37 Å². The van der Waals surface area contributed by atoms with Crippen molar-refractivity contribution in [3.05, 3.63) is 4.88 Å². The summed E-state index contributed by atoms with van der Waals surface area (Å²) >= 11 is 4.29. The van der Waals surface area contributed by atoms with Gasteiger partial charge < -0.3 is 10.5 Å². The summed E-state index contributed by atoms with van der Waals surface area (Å²) in [5, 5.41) is 0.894. The van der Waals surface area contributed by atoms with E-state index in [1.807, 2.05) is 6.26 Å². The highest BCUT2D eigenvalue weighted by Crippen LogP contribution is 2.41. The van der Waals surface area contributed by atoms with Crippen LogP contribution in [0.4, 0.5) is 5.69 Å². The number of thiophene rings is 1. The second-order valence-corrected chi connectivity index (χ2v) is 5.77. The average molecular weight is 274 g/mol. The fourth-order valence-corrected chi connectivity index (χ4v) is 3.94. The molecule has 2 aromatic heterocycles. The van der Waals surface area contributed by atoms with E-state index in [1.54, 1.807) is 18.7 Å². The van der Waals surface area contributed by atoms with Crippen molar-refractivity contribution in [2.24, 2.45) is 0 Å². The summed E-state index contributed by atoms with van der Waals surface area (Å²) in [7, 11) is 0. The molecule has 2 heterocycles. The van der Waals surface area contributed by atoms with Crippen LogP contribution in [0, 0.1) is 0 Å². The van der Waals surface area contributed by atoms with Crippen molar-refractivity contribution < 1.29 is 9.53 Å². The molecule has 0 aliphatic heterocycles. The van der Waals surface area contributed by atoms with Gasteiger partial charge in [-0.05, 0) is 24.7 Å². The number of hydrogen-bond acceptors (Lipinski definition) is 7. The highest BCUT2D eigenvalue weighted by atomic mass is 32.2. The SMILES string of the molecule is CCOC(=O)c1sc2nsc(SC)c2c1N. The van der Waals surface area contributed by atoms with Gasteiger partial charge >= 0.3 is 5.97 Å². The minimum Gasteiger partial charge on any atom is -0.462 e. The molecule has 2 aromatic rings. The van der Waals surface area contributed by atoms with Gasteiger partial charge in [0.1, 0.15) is 9.71 Å². The van der Waals surface area contributed by atoms with E-state index in [2.05, 4.69) is 4.37 Å². The van der Waals surface area contributed by atoms with E-state index in [-0.39, 0.29) is 5.97 Å². The monoisotopic (exact) mass is 274 g/mol. The topological polar surface area (TPSA) is 65.2 Å². The third kappa shape index (κ3) is 1.79. The molecule has 0 saturated carbocycles. The van der Waals surface area contributed by atoms with Crippen LogP contribution in [0.2, 0.25) is 0 Å². The Hall–Kier alpha value is -0.790. The maximum atomic E-state index is 11.6. The van der Waals surface area contributed by atoms with Gasteiger partial charge in [-0.3, -0.25) is 0 Å². The highest BCUT2D eigenvalue weighted by molar-refractivity contribution is 8.00. The van der Waals surface area contributed by atoms with Crippen LogP contribution in [0.1, 0.15) is 16.6 Å². The van der Waals surface area contributed by atoms with Gasteiger partial charge in [0.2, 0.25) is 0 Å². The van der Waals surface area contributed by atoms with Crippen molar-refractivity contribution in [3.8, 4) is 0 Å². The first kappa shape index (κ1) is 11.7. The number of anilines is 1. The standard InChI is InChI=1S/C9H10N2O2S3/c1-3-13-8(12)6-5(10)4-7(15-6)11-16-9(4)14-2/h3,10H2,1-2H3. The second-order valence-electron chi connectivity index (χ2n) is 2.92. The Labute approximate surface area is 105 Å². The summed E-state index contributed by atoms with van der Waals surface area (Å²) < 4.78 is 10.2. The molecular formula is C9H10N2O2S3. The number of hydrogen-bond donors (Lipinski definition) is 1. The van der Waals surface area contributed by atoms with Crippen LogP contribution in [-0.4, -0.2) is 23.2 Å². The number of rotatable bonds is 3. The van der Waals surface area contributed by atoms with Crippen LogP contribution in [0.15, 0.2) is 4.21 Å². The second kappa shape index (κ2) is 4.60. The summed E-state index contributed by atoms with van der Waals surface area (Å²) in [6, 6.07) is 0. The summed E-state index contributed by atoms with van der Waals surface area (Å²) in [4.78, 5) is 12.9. The Kier molecular flexibility index (Phi) is 3.36. The van der Waals surface area contributed by atoms with E-state index in [0.717, 1.165) is 14.4 Å². The summed E-state index contributed by atoms with van der Waals surface area (Å²) in [6.07, 6.45) is 1.97. The fraction of sp³-hybridized carbons (Fsp3) is 0.333. The highest BCUT2D eigenvalue weighted by Gasteiger charge is 2.21. The lowest BCUT2D eigenvalue weighted by Gasteiger charge is -1.99. The number of aromatic nitrogens is 1. The largest absolute Gasteiger partial charge is 0.462 e. The number of esters is 1. The summed E-state index contributed by atoms with van der Waals surface area (Å²) in [5.41, 5.74) is 6.45. The molecule has 0 fully saturated rings. The zero-order chi connectivity index (χ0) is 11.7. The molecule has 0 aromatic carbocycles. The van der Waals surface area contributed by atoms with E-state index in [1.165, 1.54) is 22.9 Å². The van der Waals surface area contributed by atoms with Crippen molar-refractivity contribution in [2.45, 2.75) is 11.1 Å². The minimum absolute atomic E-state index is 0.353. The van der Waals surface area contributed by atoms with Crippen LogP contribution in [0.3, 0.4) is 0 Å². The Morgan fingerprint density at radius 1 is 1.62 bits per heavy atom. The minimum atomic E-state index is -0.361. The maximum absolute atomic E-state index is 11.6. The number of nitrogen functional groups attached to an aromatic ring is 1. The molecule has 0 radical (unpaired) electrons. The number of nitrogens with two attached hydrogens (primary N) is 1. The lowest BCUT2D eigenvalue weighted by Crippen LogP contribution is -2.04. The number of nitrogens with zero attached hydrogens (tertiary/aromatic N) is 1. The van der Waals surface area contributed by atoms with Gasteiger partial charge in [0.25, 0.3) is 0 Å². The zero-order valence-electron chi connectivity index (χ0n) is 8.77. The molecule has 0 atom stereocenters. The van der Waals surface area contributed by atoms with Crippen LogP contribution < -0.4 is 5.73 Å². The first-order valence-electron chi connectivity index (χ1n) is 4.57. The molecular weight excluding hydrogens is 264 g/mol. The van der Waals surface area contributed by atoms with Crippen molar-refractivity contribution in [2.75, 3.05) is 18.6 Å². The Morgan fingerprint density at radius 3 is 3.00 bits per heavy atom. The van der Waals surface area contributed by atoms with Crippen LogP contribution in [0.5, 0.6) is 0 Å². The summed E-state index contributed by atoms with van der Waals surface area (Å²) in [6.45, 7) is 2.13. The average Bonchev–Trinajstić information content (AvgIpc) is 2.79. The van der Waals surface area contributed by atoms with E-state index >= 15 is 0 Å². The predicted molar refractivity (Wildman–Crippen MR) is 69.6 cm³/mol. The molecule has 4 nitrogen and oxygen atoms in total. The van der Waals surface area contributed by atoms with Crippen molar-refractivity contribution >= 4 is 56.5 Å². The lowest BCUT2D eigenvalue weighted by molar-refractivity contribution is 0.0533. The molecule has 2 N–H and O–H groups in total. The van der Waals surface area contributed by atoms with E-state index in [9.17, 15) is 4.79 Å². The first-order valence-corrected chi connectivity index (χ1v) is 7.39. The van der Waals surface area contributed by atoms with E-state index in [0.29, 0.717) is 17.2 Å². The maximum Gasteiger partial charge on any atom is 0.350 e. The first-order chi connectivity index (χ1) is 7.69. The number of thioether (sulfide) groups is 1. The van der Waals surface area contributed by atoms with Crippen LogP contribution in [-0.2, 0) is 4.74 Å². The molecule has 0 saturated heterocycles. The zero-order valence-corrected chi connectivity index (χ0v) is 11.2. The Balaban J connectivity index is 2.52. The quantitative estimate of drug-likeness (QED) is 0.688. The van der Waals surface area contributed by atoms with Gasteiger partial charge in [0, 0.05) is 0 Å². The smallest absolute Gasteiger partial charge is 0.350 e. The summed E-state index contributed by atoms with van der Waals surface area (Å²) in [5.74, 6) is -0.361. The number of carbonyl (C=O) groups is 1. The molecule has 86 valence electrons. The number of ether oxygens (including phenoxy) is 1. The van der Waals surface area contributed by atoms with Gasteiger partial charge in [0.05, 0.1) is 21.9 Å². The van der Waals surface area contributed by atoms with E-state index < -0.39 is 0 Å². The molecule has 0 aliphatic carbocycles. The van der Waals surface area contributed by atoms with Crippen LogP contribution in [0.25, 0.3) is 10.2 Å². The molecule has 0 bridgehead atoms. The van der Waals surface area contributed by atoms with Gasteiger partial charge in [-0.2, -0.15) is 4.37 Å². The Bertz CT molecular complexity index is 532. The van der Waals surface area contributed by atoms with Gasteiger partial charge in [0.15, 0.2) is 0 Å². The molecule has 16 heavy (non-hydrogen) atoms. The molecule has 0 amide bonds. The van der Waals surface area contributed by atoms with Gasteiger partial charge in [-0.25, -0.2) is 4.79 Å². The van der Waals surface area contributed by atoms with Gasteiger partial charge in [-0.1, -0.05) is 0 Å². The predicted octanol–water partition coefficient (Wildman–Crippen LogP) is 2.84. The van der Waals surface area contributed by atoms with Crippen molar-refractivity contribution in [1.29, 1.82) is 0 Å². The molecule has 2 rings (SSSR count). The Morgan fingerprint density at radius 2 is 2.38 bits per heavy atom. The third-order valence-electron chi connectivity index (χ3n) is 1.99. The van der Waals surface area contributed by atoms with Crippen LogP contribution >= 0.6 is 34.6 Å². The van der Waals surface area contributed by atoms with E-state index in [4.69, 9.17) is 10.5 Å². The number of fused-ring (bicyclic) bond motifs is 1. The molecule has 0 unspecified atom stereocenters. The van der Waals surface area contributed by atoms with Gasteiger partial charge in [-0.15, -0.1) is 23.1 Å². The fourth-order valence-electron chi connectivity index (χ4n) is 1.31. The lowest BCUT2D eigenvalue weighted by atomic mass is 10.3. The molecule has 7 heteroatoms.